The van der Waals surface area contributed by atoms with Gasteiger partial charge < -0.3 is 5.32 Å². The van der Waals surface area contributed by atoms with Crippen LogP contribution in [0.5, 0.6) is 0 Å². The SMILES string of the molecule is O=C(NC1CCCC1)c1nnn(-c2ccc(F)cc2)c1CSc1ncccn1. The van der Waals surface area contributed by atoms with Crippen LogP contribution in [0.3, 0.4) is 0 Å². The lowest BCUT2D eigenvalue weighted by Gasteiger charge is -2.12. The molecule has 1 fully saturated rings. The molecule has 0 radical (unpaired) electrons. The van der Waals surface area contributed by atoms with Gasteiger partial charge >= 0.3 is 0 Å². The van der Waals surface area contributed by atoms with Gasteiger partial charge in [-0.1, -0.05) is 29.8 Å². The highest BCUT2D eigenvalue weighted by Gasteiger charge is 2.24. The quantitative estimate of drug-likeness (QED) is 0.507. The number of nitrogens with one attached hydrogen (secondary N) is 1. The van der Waals surface area contributed by atoms with Gasteiger partial charge in [-0.25, -0.2) is 19.0 Å². The number of hydrogen-bond donors (Lipinski definition) is 1. The minimum Gasteiger partial charge on any atom is -0.348 e. The van der Waals surface area contributed by atoms with Crippen molar-refractivity contribution in [3.63, 3.8) is 0 Å². The van der Waals surface area contributed by atoms with Gasteiger partial charge in [0.15, 0.2) is 10.9 Å². The molecular formula is C19H19FN6OS. The maximum absolute atomic E-state index is 13.3. The second-order valence-corrected chi connectivity index (χ2v) is 7.49. The van der Waals surface area contributed by atoms with E-state index in [1.807, 2.05) is 0 Å². The van der Waals surface area contributed by atoms with Crippen molar-refractivity contribution in [1.82, 2.24) is 30.3 Å². The summed E-state index contributed by atoms with van der Waals surface area (Å²) < 4.78 is 14.9. The van der Waals surface area contributed by atoms with Gasteiger partial charge in [-0.05, 0) is 43.2 Å². The predicted molar refractivity (Wildman–Crippen MR) is 103 cm³/mol. The van der Waals surface area contributed by atoms with Crippen molar-refractivity contribution in [3.05, 3.63) is 59.9 Å². The normalized spacial score (nSPS) is 14.3. The molecule has 9 heteroatoms. The average molecular weight is 398 g/mol. The Labute approximate surface area is 165 Å². The van der Waals surface area contributed by atoms with Gasteiger partial charge in [0.2, 0.25) is 0 Å². The van der Waals surface area contributed by atoms with E-state index in [1.54, 1.807) is 35.3 Å². The number of hydrogen-bond acceptors (Lipinski definition) is 6. The van der Waals surface area contributed by atoms with E-state index in [4.69, 9.17) is 0 Å². The summed E-state index contributed by atoms with van der Waals surface area (Å²) in [6.07, 6.45) is 7.55. The fourth-order valence-electron chi connectivity index (χ4n) is 3.21. The van der Waals surface area contributed by atoms with Gasteiger partial charge in [0.05, 0.1) is 11.4 Å². The molecule has 1 aromatic carbocycles. The van der Waals surface area contributed by atoms with E-state index in [0.29, 0.717) is 22.3 Å². The van der Waals surface area contributed by atoms with Crippen molar-refractivity contribution >= 4 is 17.7 Å². The van der Waals surface area contributed by atoms with Gasteiger partial charge in [0, 0.05) is 24.2 Å². The highest BCUT2D eigenvalue weighted by Crippen LogP contribution is 2.24. The summed E-state index contributed by atoms with van der Waals surface area (Å²) in [7, 11) is 0. The van der Waals surface area contributed by atoms with Gasteiger partial charge in [-0.2, -0.15) is 0 Å². The molecule has 7 nitrogen and oxygen atoms in total. The van der Waals surface area contributed by atoms with Gasteiger partial charge in [-0.15, -0.1) is 5.10 Å². The average Bonchev–Trinajstić information content (AvgIpc) is 3.37. The lowest BCUT2D eigenvalue weighted by molar-refractivity contribution is 0.0932. The molecule has 1 aliphatic carbocycles. The lowest BCUT2D eigenvalue weighted by atomic mass is 10.2. The third-order valence-corrected chi connectivity index (χ3v) is 5.51. The molecule has 28 heavy (non-hydrogen) atoms. The molecule has 1 saturated carbocycles. The molecule has 0 bridgehead atoms. The molecule has 1 aliphatic rings. The number of benzene rings is 1. The van der Waals surface area contributed by atoms with Crippen LogP contribution in [-0.4, -0.2) is 36.9 Å². The number of thioether (sulfide) groups is 1. The highest BCUT2D eigenvalue weighted by atomic mass is 32.2. The van der Waals surface area contributed by atoms with Gasteiger partial charge in [0.25, 0.3) is 5.91 Å². The fraction of sp³-hybridized carbons (Fsp3) is 0.316. The van der Waals surface area contributed by atoms with E-state index in [-0.39, 0.29) is 23.5 Å². The number of carbonyl (C=O) groups is 1. The van der Waals surface area contributed by atoms with E-state index in [1.165, 1.54) is 23.9 Å². The van der Waals surface area contributed by atoms with Crippen LogP contribution in [0.1, 0.15) is 41.9 Å². The molecule has 0 atom stereocenters. The summed E-state index contributed by atoms with van der Waals surface area (Å²) in [6.45, 7) is 0. The zero-order valence-electron chi connectivity index (χ0n) is 15.1. The molecule has 144 valence electrons. The standard InChI is InChI=1S/C19H19FN6OS/c20-13-6-8-15(9-7-13)26-16(12-28-19-21-10-3-11-22-19)17(24-25-26)18(27)23-14-4-1-2-5-14/h3,6-11,14H,1-2,4-5,12H2,(H,23,27). The largest absolute Gasteiger partial charge is 0.348 e. The molecule has 1 N–H and O–H groups in total. The maximum atomic E-state index is 13.3. The van der Waals surface area contributed by atoms with Crippen LogP contribution in [0.4, 0.5) is 4.39 Å². The molecule has 0 aliphatic heterocycles. The summed E-state index contributed by atoms with van der Waals surface area (Å²) in [6, 6.07) is 7.85. The van der Waals surface area contributed by atoms with E-state index in [0.717, 1.165) is 25.7 Å². The molecule has 2 aromatic heterocycles. The summed E-state index contributed by atoms with van der Waals surface area (Å²) in [5.41, 5.74) is 1.54. The zero-order chi connectivity index (χ0) is 19.3. The summed E-state index contributed by atoms with van der Waals surface area (Å²) in [5.74, 6) is -0.163. The Morgan fingerprint density at radius 3 is 2.61 bits per heavy atom. The summed E-state index contributed by atoms with van der Waals surface area (Å²) >= 11 is 1.39. The Hall–Kier alpha value is -2.81. The number of halogens is 1. The van der Waals surface area contributed by atoms with Crippen molar-refractivity contribution in [3.8, 4) is 5.69 Å². The first-order valence-corrected chi connectivity index (χ1v) is 10.1. The molecule has 2 heterocycles. The Morgan fingerprint density at radius 2 is 1.89 bits per heavy atom. The molecule has 0 unspecified atom stereocenters. The Morgan fingerprint density at radius 1 is 1.18 bits per heavy atom. The Balaban J connectivity index is 1.62. The van der Waals surface area contributed by atoms with Crippen LogP contribution in [0.15, 0.2) is 47.9 Å². The van der Waals surface area contributed by atoms with E-state index < -0.39 is 0 Å². The third-order valence-electron chi connectivity index (χ3n) is 4.62. The van der Waals surface area contributed by atoms with Crippen molar-refractivity contribution in [2.24, 2.45) is 0 Å². The highest BCUT2D eigenvalue weighted by molar-refractivity contribution is 7.98. The summed E-state index contributed by atoms with van der Waals surface area (Å²) in [4.78, 5) is 21.2. The van der Waals surface area contributed by atoms with Crippen LogP contribution >= 0.6 is 11.8 Å². The number of aromatic nitrogens is 5. The molecule has 1 amide bonds. The topological polar surface area (TPSA) is 85.6 Å². The number of carbonyl (C=O) groups excluding carboxylic acids is 1. The monoisotopic (exact) mass is 398 g/mol. The smallest absolute Gasteiger partial charge is 0.274 e. The molecule has 3 aromatic rings. The zero-order valence-corrected chi connectivity index (χ0v) is 15.9. The first-order valence-electron chi connectivity index (χ1n) is 9.12. The van der Waals surface area contributed by atoms with Crippen LogP contribution in [-0.2, 0) is 5.75 Å². The maximum Gasteiger partial charge on any atom is 0.274 e. The van der Waals surface area contributed by atoms with E-state index in [2.05, 4.69) is 25.6 Å². The minimum atomic E-state index is -0.336. The Kier molecular flexibility index (Phi) is 5.61. The Bertz CT molecular complexity index is 941. The van der Waals surface area contributed by atoms with Crippen molar-refractivity contribution in [2.75, 3.05) is 0 Å². The van der Waals surface area contributed by atoms with Gasteiger partial charge in [0.1, 0.15) is 5.82 Å². The van der Waals surface area contributed by atoms with Crippen molar-refractivity contribution < 1.29 is 9.18 Å². The second kappa shape index (κ2) is 8.47. The third kappa shape index (κ3) is 4.19. The predicted octanol–water partition coefficient (Wildman–Crippen LogP) is 3.16. The van der Waals surface area contributed by atoms with Crippen LogP contribution in [0.25, 0.3) is 5.69 Å². The van der Waals surface area contributed by atoms with E-state index in [9.17, 15) is 9.18 Å². The van der Waals surface area contributed by atoms with Crippen molar-refractivity contribution in [2.45, 2.75) is 42.6 Å². The number of amides is 1. The first-order chi connectivity index (χ1) is 13.7. The second-order valence-electron chi connectivity index (χ2n) is 6.55. The number of rotatable bonds is 6. The van der Waals surface area contributed by atoms with Crippen LogP contribution in [0, 0.1) is 5.82 Å². The van der Waals surface area contributed by atoms with Crippen LogP contribution in [0.2, 0.25) is 0 Å². The molecule has 0 saturated heterocycles. The molecule has 0 spiro atoms. The fourth-order valence-corrected chi connectivity index (χ4v) is 4.01. The van der Waals surface area contributed by atoms with Crippen molar-refractivity contribution in [1.29, 1.82) is 0 Å². The first kappa shape index (κ1) is 18.5. The van der Waals surface area contributed by atoms with Crippen LogP contribution < -0.4 is 5.32 Å². The van der Waals surface area contributed by atoms with E-state index >= 15 is 0 Å². The summed E-state index contributed by atoms with van der Waals surface area (Å²) in [5, 5.41) is 11.9. The van der Waals surface area contributed by atoms with Gasteiger partial charge in [-0.3, -0.25) is 4.79 Å². The minimum absolute atomic E-state index is 0.182. The lowest BCUT2D eigenvalue weighted by Crippen LogP contribution is -2.33. The molecule has 4 rings (SSSR count). The molecular weight excluding hydrogens is 379 g/mol. The number of nitrogens with zero attached hydrogens (tertiary/aromatic N) is 5.